The van der Waals surface area contributed by atoms with E-state index in [2.05, 4.69) is 10.3 Å². The van der Waals surface area contributed by atoms with Gasteiger partial charge in [-0.15, -0.1) is 0 Å². The summed E-state index contributed by atoms with van der Waals surface area (Å²) in [6.45, 7) is -2.47. The second-order valence-electron chi connectivity index (χ2n) is 4.95. The van der Waals surface area contributed by atoms with Crippen molar-refractivity contribution in [2.75, 3.05) is 19.4 Å². The van der Waals surface area contributed by atoms with E-state index < -0.39 is 6.72 Å². The molecule has 2 rings (SSSR count). The van der Waals surface area contributed by atoms with Crippen LogP contribution in [0.5, 0.6) is 0 Å². The Bertz CT molecular complexity index is 747. The second kappa shape index (κ2) is 11.0. The topological polar surface area (TPSA) is 80.7 Å². The summed E-state index contributed by atoms with van der Waals surface area (Å²) in [5.41, 5.74) is 1.36. The minimum absolute atomic E-state index is 0.130. The Morgan fingerprint density at radius 1 is 1.31 bits per heavy atom. The molecule has 0 saturated heterocycles. The molecular formula is C16H19N2O4PS3. The number of carbonyl (C=O) groups is 1. The zero-order valence-electron chi connectivity index (χ0n) is 14.0. The smallest absolute Gasteiger partial charge is 0.324 e. The number of benzene rings is 1. The first-order valence-corrected chi connectivity index (χ1v) is 12.5. The average Bonchev–Trinajstić information content (AvgIpc) is 2.67. The van der Waals surface area contributed by atoms with Crippen LogP contribution in [0.3, 0.4) is 0 Å². The molecule has 1 aromatic heterocycles. The highest BCUT2D eigenvalue weighted by atomic mass is 33.1. The molecule has 1 unspecified atom stereocenters. The number of amides is 1. The summed E-state index contributed by atoms with van der Waals surface area (Å²) >= 11 is 4.76. The minimum atomic E-state index is -3.17. The maximum absolute atomic E-state index is 12.1. The van der Waals surface area contributed by atoms with Crippen LogP contribution in [0.4, 0.5) is 0 Å². The summed E-state index contributed by atoms with van der Waals surface area (Å²) in [6, 6.07) is 12.7. The fourth-order valence-corrected chi connectivity index (χ4v) is 4.13. The molecule has 26 heavy (non-hydrogen) atoms. The summed E-state index contributed by atoms with van der Waals surface area (Å²) < 4.78 is 9.84. The van der Waals surface area contributed by atoms with Crippen LogP contribution in [0, 0.1) is 0 Å². The predicted octanol–water partition coefficient (Wildman–Crippen LogP) is 3.63. The number of carbonyl (C=O) groups excluding carboxylic acids is 1. The molecule has 2 aromatic rings. The fourth-order valence-electron chi connectivity index (χ4n) is 1.77. The van der Waals surface area contributed by atoms with Crippen molar-refractivity contribution in [1.82, 2.24) is 10.3 Å². The molecule has 0 aliphatic rings. The molecular weight excluding hydrogens is 411 g/mol. The van der Waals surface area contributed by atoms with E-state index >= 15 is 0 Å². The first kappa shape index (κ1) is 21.4. The van der Waals surface area contributed by atoms with Crippen LogP contribution < -0.4 is 5.32 Å². The maximum atomic E-state index is 12.1. The Balaban J connectivity index is 1.69. The molecule has 0 fully saturated rings. The van der Waals surface area contributed by atoms with Crippen molar-refractivity contribution in [1.29, 1.82) is 0 Å². The molecule has 0 aliphatic carbocycles. The summed E-state index contributed by atoms with van der Waals surface area (Å²) in [7, 11) is 4.53. The molecule has 6 nitrogen and oxygen atoms in total. The largest absolute Gasteiger partial charge is 0.351 e. The number of nitrogens with one attached hydrogen (secondary N) is 1. The van der Waals surface area contributed by atoms with Gasteiger partial charge >= 0.3 is 6.72 Å². The van der Waals surface area contributed by atoms with Crippen LogP contribution in [0.1, 0.15) is 15.9 Å². The van der Waals surface area contributed by atoms with Crippen molar-refractivity contribution < 1.29 is 18.7 Å². The highest BCUT2D eigenvalue weighted by Crippen LogP contribution is 2.43. The monoisotopic (exact) mass is 430 g/mol. The van der Waals surface area contributed by atoms with Gasteiger partial charge in [0.2, 0.25) is 0 Å². The van der Waals surface area contributed by atoms with E-state index in [9.17, 15) is 9.69 Å². The lowest BCUT2D eigenvalue weighted by molar-refractivity contribution is 0.0956. The third kappa shape index (κ3) is 7.75. The van der Waals surface area contributed by atoms with Crippen LogP contribution in [0.2, 0.25) is 0 Å². The van der Waals surface area contributed by atoms with Crippen LogP contribution in [-0.2, 0) is 27.5 Å². The van der Waals surface area contributed by atoms with Crippen LogP contribution in [-0.4, -0.2) is 35.2 Å². The third-order valence-electron chi connectivity index (χ3n) is 3.09. The first-order chi connectivity index (χ1) is 12.5. The zero-order valence-corrected chi connectivity index (χ0v) is 17.4. The van der Waals surface area contributed by atoms with Gasteiger partial charge in [0.25, 0.3) is 5.91 Å². The number of aromatic nitrogens is 1. The Morgan fingerprint density at radius 2 is 2.08 bits per heavy atom. The van der Waals surface area contributed by atoms with E-state index in [1.807, 2.05) is 18.2 Å². The second-order valence-corrected chi connectivity index (χ2v) is 10.3. The van der Waals surface area contributed by atoms with Gasteiger partial charge in [0, 0.05) is 31.2 Å². The maximum Gasteiger partial charge on any atom is 0.324 e. The number of rotatable bonds is 10. The van der Waals surface area contributed by atoms with Crippen molar-refractivity contribution in [3.05, 3.63) is 59.8 Å². The molecule has 1 heterocycles. The Morgan fingerprint density at radius 3 is 2.73 bits per heavy atom. The van der Waals surface area contributed by atoms with Crippen molar-refractivity contribution in [3.8, 4) is 0 Å². The van der Waals surface area contributed by atoms with Gasteiger partial charge in [0.15, 0.2) is 0 Å². The molecule has 0 radical (unpaired) electrons. The highest BCUT2D eigenvalue weighted by Gasteiger charge is 2.12. The van der Waals surface area contributed by atoms with Gasteiger partial charge in [0.1, 0.15) is 5.03 Å². The van der Waals surface area contributed by atoms with Crippen molar-refractivity contribution in [2.24, 2.45) is 0 Å². The number of nitrogens with zero attached hydrogens (tertiary/aromatic N) is 1. The zero-order chi connectivity index (χ0) is 18.8. The number of hydrogen-bond donors (Lipinski definition) is 2. The minimum Gasteiger partial charge on any atom is -0.351 e. The Labute approximate surface area is 165 Å². The molecule has 2 N–H and O–H groups in total. The quantitative estimate of drug-likeness (QED) is 0.336. The summed E-state index contributed by atoms with van der Waals surface area (Å²) in [5, 5.41) is 3.82. The standard InChI is InChI=1S/C16H19N2O4PS3/c1-21-23(20,24)22-12-13-5-7-14(8-6-13)16(19)18-10-11-25-26-15-4-2-3-9-17-15/h2-9H,10-12H2,1H3,(H,18,19)(H,20,24). The lowest BCUT2D eigenvalue weighted by Crippen LogP contribution is -2.25. The van der Waals surface area contributed by atoms with E-state index in [4.69, 9.17) is 20.9 Å². The molecule has 0 bridgehead atoms. The number of pyridine rings is 1. The summed E-state index contributed by atoms with van der Waals surface area (Å²) in [4.78, 5) is 25.9. The lowest BCUT2D eigenvalue weighted by Gasteiger charge is -2.12. The van der Waals surface area contributed by atoms with Crippen LogP contribution >= 0.6 is 28.3 Å². The molecule has 140 valence electrons. The van der Waals surface area contributed by atoms with E-state index in [1.54, 1.807) is 52.1 Å². The Hall–Kier alpha value is -0.930. The summed E-state index contributed by atoms with van der Waals surface area (Å²) in [6.07, 6.45) is 1.76. The Kier molecular flexibility index (Phi) is 9.07. The van der Waals surface area contributed by atoms with Crippen LogP contribution in [0.15, 0.2) is 53.7 Å². The van der Waals surface area contributed by atoms with Crippen molar-refractivity contribution in [2.45, 2.75) is 11.6 Å². The van der Waals surface area contributed by atoms with Gasteiger partial charge in [-0.05, 0) is 52.4 Å². The SMILES string of the molecule is COP(O)(=S)OCc1ccc(C(=O)NCCSSc2ccccn2)cc1. The van der Waals surface area contributed by atoms with Gasteiger partial charge in [-0.3, -0.25) is 4.79 Å². The molecule has 1 aromatic carbocycles. The van der Waals surface area contributed by atoms with Gasteiger partial charge in [-0.2, -0.15) is 0 Å². The molecule has 0 spiro atoms. The van der Waals surface area contributed by atoms with Crippen molar-refractivity contribution in [3.63, 3.8) is 0 Å². The average molecular weight is 431 g/mol. The molecule has 0 aliphatic heterocycles. The predicted molar refractivity (Wildman–Crippen MR) is 110 cm³/mol. The fraction of sp³-hybridized carbons (Fsp3) is 0.250. The van der Waals surface area contributed by atoms with Gasteiger partial charge in [-0.1, -0.05) is 29.0 Å². The van der Waals surface area contributed by atoms with Crippen molar-refractivity contribution >= 4 is 46.0 Å². The van der Waals surface area contributed by atoms with Gasteiger partial charge < -0.3 is 19.3 Å². The van der Waals surface area contributed by atoms with Crippen LogP contribution in [0.25, 0.3) is 0 Å². The molecule has 10 heteroatoms. The highest BCUT2D eigenvalue weighted by molar-refractivity contribution is 8.76. The van der Waals surface area contributed by atoms with E-state index in [-0.39, 0.29) is 12.5 Å². The van der Waals surface area contributed by atoms with E-state index in [0.717, 1.165) is 16.3 Å². The third-order valence-corrected chi connectivity index (χ3v) is 7.04. The number of hydrogen-bond acceptors (Lipinski definition) is 7. The van der Waals surface area contributed by atoms with E-state index in [0.29, 0.717) is 12.1 Å². The molecule has 0 saturated carbocycles. The normalized spacial score (nSPS) is 13.2. The van der Waals surface area contributed by atoms with E-state index in [1.165, 1.54) is 7.11 Å². The van der Waals surface area contributed by atoms with Gasteiger partial charge in [-0.25, -0.2) is 4.98 Å². The summed E-state index contributed by atoms with van der Waals surface area (Å²) in [5.74, 6) is 0.641. The molecule has 1 atom stereocenters. The molecule has 1 amide bonds. The first-order valence-electron chi connectivity index (χ1n) is 7.61. The lowest BCUT2D eigenvalue weighted by atomic mass is 10.1. The van der Waals surface area contributed by atoms with Gasteiger partial charge in [0.05, 0.1) is 6.61 Å².